The SMILES string of the molecule is Cn1cc(CCNc2nc(C(=O)O)cs2)cn1. The Labute approximate surface area is 102 Å². The van der Waals surface area contributed by atoms with E-state index in [2.05, 4.69) is 15.4 Å². The third-order valence-corrected chi connectivity index (χ3v) is 2.97. The van der Waals surface area contributed by atoms with E-state index in [1.165, 1.54) is 16.7 Å². The molecule has 90 valence electrons. The lowest BCUT2D eigenvalue weighted by atomic mass is 10.2. The third-order valence-electron chi connectivity index (χ3n) is 2.17. The highest BCUT2D eigenvalue weighted by molar-refractivity contribution is 7.13. The van der Waals surface area contributed by atoms with E-state index in [0.717, 1.165) is 12.0 Å². The van der Waals surface area contributed by atoms with Crippen LogP contribution in [0.25, 0.3) is 0 Å². The number of aryl methyl sites for hydroxylation is 1. The number of rotatable bonds is 5. The maximum atomic E-state index is 10.6. The van der Waals surface area contributed by atoms with Crippen LogP contribution in [0.3, 0.4) is 0 Å². The molecule has 0 aliphatic rings. The Hall–Kier alpha value is -1.89. The van der Waals surface area contributed by atoms with Gasteiger partial charge in [0.05, 0.1) is 6.20 Å². The van der Waals surface area contributed by atoms with Crippen molar-refractivity contribution in [3.8, 4) is 0 Å². The van der Waals surface area contributed by atoms with Crippen LogP contribution in [0.5, 0.6) is 0 Å². The molecule has 2 heterocycles. The summed E-state index contributed by atoms with van der Waals surface area (Å²) in [5.41, 5.74) is 1.22. The first kappa shape index (κ1) is 11.6. The molecule has 2 aromatic heterocycles. The van der Waals surface area contributed by atoms with Gasteiger partial charge >= 0.3 is 5.97 Å². The third kappa shape index (κ3) is 3.04. The van der Waals surface area contributed by atoms with Gasteiger partial charge in [0.25, 0.3) is 0 Å². The minimum absolute atomic E-state index is 0.0823. The fraction of sp³-hybridized carbons (Fsp3) is 0.300. The zero-order chi connectivity index (χ0) is 12.3. The largest absolute Gasteiger partial charge is 0.476 e. The van der Waals surface area contributed by atoms with E-state index in [9.17, 15) is 4.79 Å². The summed E-state index contributed by atoms with van der Waals surface area (Å²) >= 11 is 1.29. The standard InChI is InChI=1S/C10H12N4O2S/c1-14-5-7(4-12-14)2-3-11-10-13-8(6-17-10)9(15)16/h4-6H,2-3H2,1H3,(H,11,13)(H,15,16). The fourth-order valence-electron chi connectivity index (χ4n) is 1.37. The van der Waals surface area contributed by atoms with Gasteiger partial charge in [-0.2, -0.15) is 5.10 Å². The number of carboxylic acid groups (broad SMARTS) is 1. The molecule has 0 aromatic carbocycles. The van der Waals surface area contributed by atoms with Crippen LogP contribution < -0.4 is 5.32 Å². The van der Waals surface area contributed by atoms with Crippen LogP contribution in [0.1, 0.15) is 16.1 Å². The van der Waals surface area contributed by atoms with Gasteiger partial charge in [-0.15, -0.1) is 11.3 Å². The van der Waals surface area contributed by atoms with E-state index >= 15 is 0 Å². The Balaban J connectivity index is 1.83. The Morgan fingerprint density at radius 2 is 2.47 bits per heavy atom. The number of aromatic carboxylic acids is 1. The summed E-state index contributed by atoms with van der Waals surface area (Å²) in [4.78, 5) is 14.6. The fourth-order valence-corrected chi connectivity index (χ4v) is 2.08. The van der Waals surface area contributed by atoms with Crippen molar-refractivity contribution in [3.63, 3.8) is 0 Å². The molecule has 0 saturated carbocycles. The smallest absolute Gasteiger partial charge is 0.355 e. The second-order valence-corrected chi connectivity index (χ2v) is 4.40. The molecule has 2 rings (SSSR count). The van der Waals surface area contributed by atoms with Gasteiger partial charge in [-0.1, -0.05) is 0 Å². The highest BCUT2D eigenvalue weighted by Crippen LogP contribution is 2.15. The van der Waals surface area contributed by atoms with E-state index in [1.807, 2.05) is 19.4 Å². The molecule has 0 amide bonds. The molecule has 0 bridgehead atoms. The lowest BCUT2D eigenvalue weighted by molar-refractivity contribution is 0.0691. The number of carbonyl (C=O) groups is 1. The van der Waals surface area contributed by atoms with Crippen LogP contribution in [0.15, 0.2) is 17.8 Å². The van der Waals surface area contributed by atoms with Gasteiger partial charge in [-0.3, -0.25) is 4.68 Å². The molecule has 17 heavy (non-hydrogen) atoms. The summed E-state index contributed by atoms with van der Waals surface area (Å²) in [5, 5.41) is 18.0. The average Bonchev–Trinajstić information content (AvgIpc) is 2.88. The molecule has 0 unspecified atom stereocenters. The van der Waals surface area contributed by atoms with Crippen LogP contribution in [0.4, 0.5) is 5.13 Å². The summed E-state index contributed by atoms with van der Waals surface area (Å²) in [6.45, 7) is 0.707. The Morgan fingerprint density at radius 3 is 3.06 bits per heavy atom. The van der Waals surface area contributed by atoms with Crippen molar-refractivity contribution in [2.24, 2.45) is 7.05 Å². The van der Waals surface area contributed by atoms with E-state index in [1.54, 1.807) is 4.68 Å². The maximum Gasteiger partial charge on any atom is 0.355 e. The molecule has 0 fully saturated rings. The van der Waals surface area contributed by atoms with Crippen LogP contribution in [0.2, 0.25) is 0 Å². The van der Waals surface area contributed by atoms with Crippen molar-refractivity contribution in [1.29, 1.82) is 0 Å². The highest BCUT2D eigenvalue weighted by atomic mass is 32.1. The maximum absolute atomic E-state index is 10.6. The number of hydrogen-bond donors (Lipinski definition) is 2. The highest BCUT2D eigenvalue weighted by Gasteiger charge is 2.07. The summed E-state index contributed by atoms with van der Waals surface area (Å²) in [6.07, 6.45) is 4.59. The van der Waals surface area contributed by atoms with Gasteiger partial charge in [0.2, 0.25) is 0 Å². The van der Waals surface area contributed by atoms with Crippen LogP contribution in [0, 0.1) is 0 Å². The zero-order valence-corrected chi connectivity index (χ0v) is 10.1. The molecular formula is C10H12N4O2S. The summed E-state index contributed by atoms with van der Waals surface area (Å²) in [7, 11) is 1.87. The van der Waals surface area contributed by atoms with Crippen LogP contribution in [-0.4, -0.2) is 32.4 Å². The number of carboxylic acids is 1. The summed E-state index contributed by atoms with van der Waals surface area (Å²) in [5.74, 6) is -0.999. The minimum atomic E-state index is -0.999. The van der Waals surface area contributed by atoms with Crippen molar-refractivity contribution >= 4 is 22.4 Å². The molecular weight excluding hydrogens is 240 g/mol. The zero-order valence-electron chi connectivity index (χ0n) is 9.25. The minimum Gasteiger partial charge on any atom is -0.476 e. The first-order valence-corrected chi connectivity index (χ1v) is 5.93. The average molecular weight is 252 g/mol. The molecule has 0 aliphatic carbocycles. The lowest BCUT2D eigenvalue weighted by Crippen LogP contribution is -2.05. The van der Waals surface area contributed by atoms with Crippen molar-refractivity contribution in [3.05, 3.63) is 29.0 Å². The number of hydrogen-bond acceptors (Lipinski definition) is 5. The van der Waals surface area contributed by atoms with E-state index < -0.39 is 5.97 Å². The second kappa shape index (κ2) is 4.96. The lowest BCUT2D eigenvalue weighted by Gasteiger charge is -1.99. The predicted octanol–water partition coefficient (Wildman–Crippen LogP) is 1.23. The molecule has 0 atom stereocenters. The predicted molar refractivity (Wildman–Crippen MR) is 64.5 cm³/mol. The normalized spacial score (nSPS) is 10.4. The monoisotopic (exact) mass is 252 g/mol. The summed E-state index contributed by atoms with van der Waals surface area (Å²) < 4.78 is 1.75. The summed E-state index contributed by atoms with van der Waals surface area (Å²) in [6, 6.07) is 0. The van der Waals surface area contributed by atoms with E-state index in [4.69, 9.17) is 5.11 Å². The molecule has 0 aliphatic heterocycles. The number of aromatic nitrogens is 3. The van der Waals surface area contributed by atoms with E-state index in [0.29, 0.717) is 11.7 Å². The van der Waals surface area contributed by atoms with Crippen LogP contribution in [-0.2, 0) is 13.5 Å². The van der Waals surface area contributed by atoms with Gasteiger partial charge in [-0.25, -0.2) is 9.78 Å². The number of anilines is 1. The van der Waals surface area contributed by atoms with Gasteiger partial charge < -0.3 is 10.4 Å². The van der Waals surface area contributed by atoms with Gasteiger partial charge in [0, 0.05) is 25.2 Å². The Bertz CT molecular complexity index is 520. The van der Waals surface area contributed by atoms with Crippen molar-refractivity contribution in [1.82, 2.24) is 14.8 Å². The molecule has 0 radical (unpaired) electrons. The molecule has 2 N–H and O–H groups in total. The Morgan fingerprint density at radius 1 is 1.65 bits per heavy atom. The topological polar surface area (TPSA) is 80.0 Å². The molecule has 7 heteroatoms. The number of thiazole rings is 1. The Kier molecular flexibility index (Phi) is 3.38. The number of nitrogens with one attached hydrogen (secondary N) is 1. The van der Waals surface area contributed by atoms with Crippen molar-refractivity contribution < 1.29 is 9.90 Å². The molecule has 2 aromatic rings. The quantitative estimate of drug-likeness (QED) is 0.836. The number of nitrogens with zero attached hydrogens (tertiary/aromatic N) is 3. The first-order chi connectivity index (χ1) is 8.15. The molecule has 6 nitrogen and oxygen atoms in total. The van der Waals surface area contributed by atoms with E-state index in [-0.39, 0.29) is 5.69 Å². The molecule has 0 spiro atoms. The van der Waals surface area contributed by atoms with Gasteiger partial charge in [0.15, 0.2) is 10.8 Å². The van der Waals surface area contributed by atoms with Crippen molar-refractivity contribution in [2.75, 3.05) is 11.9 Å². The van der Waals surface area contributed by atoms with Gasteiger partial charge in [0.1, 0.15) is 0 Å². The van der Waals surface area contributed by atoms with Gasteiger partial charge in [-0.05, 0) is 12.0 Å². The van der Waals surface area contributed by atoms with Crippen LogP contribution >= 0.6 is 11.3 Å². The second-order valence-electron chi connectivity index (χ2n) is 3.54. The van der Waals surface area contributed by atoms with Crippen molar-refractivity contribution in [2.45, 2.75) is 6.42 Å². The molecule has 0 saturated heterocycles. The first-order valence-electron chi connectivity index (χ1n) is 5.05.